The summed E-state index contributed by atoms with van der Waals surface area (Å²) < 4.78 is 1.87. The van der Waals surface area contributed by atoms with Gasteiger partial charge in [0.2, 0.25) is 6.04 Å². The van der Waals surface area contributed by atoms with Gasteiger partial charge in [-0.3, -0.25) is 0 Å². The molecule has 10 heavy (non-hydrogen) atoms. The van der Waals surface area contributed by atoms with Crippen LogP contribution in [0, 0.1) is 5.92 Å². The molecular formula is C7H14N3+. The number of hydrogen-bond donors (Lipinski definition) is 0. The molecule has 1 heterocycles. The van der Waals surface area contributed by atoms with Crippen LogP contribution in [0.4, 0.5) is 0 Å². The van der Waals surface area contributed by atoms with Crippen molar-refractivity contribution in [2.75, 3.05) is 7.05 Å². The third-order valence-corrected chi connectivity index (χ3v) is 1.75. The van der Waals surface area contributed by atoms with E-state index in [0.717, 1.165) is 0 Å². The molecule has 0 radical (unpaired) electrons. The van der Waals surface area contributed by atoms with E-state index in [0.29, 0.717) is 5.92 Å². The minimum Gasteiger partial charge on any atom is -0.137 e. The number of hydrogen-bond acceptors (Lipinski definition) is 2. The summed E-state index contributed by atoms with van der Waals surface area (Å²) in [6.07, 6.45) is 0. The van der Waals surface area contributed by atoms with E-state index in [1.807, 2.05) is 11.7 Å². The summed E-state index contributed by atoms with van der Waals surface area (Å²) in [5, 5.41) is 7.97. The highest BCUT2D eigenvalue weighted by Gasteiger charge is 2.28. The Labute approximate surface area is 61.4 Å². The molecular weight excluding hydrogens is 126 g/mol. The zero-order valence-corrected chi connectivity index (χ0v) is 7.00. The van der Waals surface area contributed by atoms with E-state index in [9.17, 15) is 0 Å². The maximum Gasteiger partial charge on any atom is 0.223 e. The van der Waals surface area contributed by atoms with Crippen LogP contribution in [-0.2, 0) is 0 Å². The van der Waals surface area contributed by atoms with E-state index < -0.39 is 0 Å². The molecule has 0 amide bonds. The first-order valence-corrected chi connectivity index (χ1v) is 3.64. The lowest BCUT2D eigenvalue weighted by Gasteiger charge is -2.02. The summed E-state index contributed by atoms with van der Waals surface area (Å²) in [7, 11) is 1.95. The first-order chi connectivity index (χ1) is 4.63. The maximum absolute atomic E-state index is 4.03. The van der Waals surface area contributed by atoms with Crippen molar-refractivity contribution in [3.63, 3.8) is 0 Å². The highest BCUT2D eigenvalue weighted by Crippen LogP contribution is 2.10. The van der Waals surface area contributed by atoms with Crippen LogP contribution in [0.5, 0.6) is 0 Å². The van der Waals surface area contributed by atoms with Crippen LogP contribution in [0.25, 0.3) is 0 Å². The van der Waals surface area contributed by atoms with E-state index in [-0.39, 0.29) is 6.04 Å². The second-order valence-electron chi connectivity index (χ2n) is 2.98. The van der Waals surface area contributed by atoms with Crippen molar-refractivity contribution < 1.29 is 4.68 Å². The molecule has 0 N–H and O–H groups in total. The highest BCUT2D eigenvalue weighted by atomic mass is 15.5. The van der Waals surface area contributed by atoms with E-state index in [1.165, 1.54) is 5.71 Å². The standard InChI is InChI=1S/C7H14N3/c1-5(2)7-6(3)8-9-10(7)4/h5-6H,1-4H3/q+1. The molecule has 1 unspecified atom stereocenters. The Morgan fingerprint density at radius 3 is 2.30 bits per heavy atom. The Morgan fingerprint density at radius 2 is 2.10 bits per heavy atom. The summed E-state index contributed by atoms with van der Waals surface area (Å²) in [4.78, 5) is 0. The fourth-order valence-electron chi connectivity index (χ4n) is 1.39. The van der Waals surface area contributed by atoms with Crippen molar-refractivity contribution in [3.8, 4) is 0 Å². The second-order valence-corrected chi connectivity index (χ2v) is 2.98. The van der Waals surface area contributed by atoms with Crippen molar-refractivity contribution in [2.24, 2.45) is 16.3 Å². The molecule has 0 aliphatic carbocycles. The van der Waals surface area contributed by atoms with Gasteiger partial charge in [-0.2, -0.15) is 0 Å². The van der Waals surface area contributed by atoms with Gasteiger partial charge in [-0.15, -0.1) is 4.68 Å². The first-order valence-electron chi connectivity index (χ1n) is 3.64. The third kappa shape index (κ3) is 1.08. The van der Waals surface area contributed by atoms with E-state index in [1.54, 1.807) is 0 Å². The molecule has 0 saturated heterocycles. The van der Waals surface area contributed by atoms with E-state index >= 15 is 0 Å². The third-order valence-electron chi connectivity index (χ3n) is 1.75. The van der Waals surface area contributed by atoms with Gasteiger partial charge in [-0.25, -0.2) is 0 Å². The molecule has 0 aromatic rings. The Kier molecular flexibility index (Phi) is 1.83. The predicted octanol–water partition coefficient (Wildman–Crippen LogP) is 1.50. The lowest BCUT2D eigenvalue weighted by Crippen LogP contribution is -2.23. The number of rotatable bonds is 1. The zero-order chi connectivity index (χ0) is 7.72. The zero-order valence-electron chi connectivity index (χ0n) is 7.00. The highest BCUT2D eigenvalue weighted by molar-refractivity contribution is 5.86. The molecule has 0 aromatic heterocycles. The first kappa shape index (κ1) is 7.38. The fraction of sp³-hybridized carbons (Fsp3) is 0.857. The van der Waals surface area contributed by atoms with E-state index in [4.69, 9.17) is 0 Å². The van der Waals surface area contributed by atoms with Gasteiger partial charge in [0.05, 0.1) is 0 Å². The minimum atomic E-state index is 0.282. The summed E-state index contributed by atoms with van der Waals surface area (Å²) in [5.74, 6) is 0.551. The van der Waals surface area contributed by atoms with Gasteiger partial charge in [-0.1, -0.05) is 13.8 Å². The molecule has 1 aliphatic heterocycles. The molecule has 0 aromatic carbocycles. The molecule has 1 rings (SSSR count). The minimum absolute atomic E-state index is 0.282. The SMILES string of the molecule is CC(C)C1=[N+](C)N=NC1C. The summed E-state index contributed by atoms with van der Waals surface area (Å²) in [6, 6.07) is 0.282. The summed E-state index contributed by atoms with van der Waals surface area (Å²) in [5.41, 5.74) is 1.31. The monoisotopic (exact) mass is 140 g/mol. The topological polar surface area (TPSA) is 27.7 Å². The normalized spacial score (nSPS) is 25.1. The molecule has 0 saturated carbocycles. The van der Waals surface area contributed by atoms with Crippen LogP contribution in [0.3, 0.4) is 0 Å². The number of nitrogens with zero attached hydrogens (tertiary/aromatic N) is 3. The van der Waals surface area contributed by atoms with Gasteiger partial charge < -0.3 is 0 Å². The van der Waals surface area contributed by atoms with Crippen LogP contribution in [0.1, 0.15) is 20.8 Å². The van der Waals surface area contributed by atoms with Crippen LogP contribution < -0.4 is 0 Å². The van der Waals surface area contributed by atoms with Crippen molar-refractivity contribution in [1.29, 1.82) is 0 Å². The van der Waals surface area contributed by atoms with Crippen LogP contribution in [0.15, 0.2) is 10.3 Å². The Bertz CT molecular complexity index is 191. The average molecular weight is 140 g/mol. The largest absolute Gasteiger partial charge is 0.223 e. The van der Waals surface area contributed by atoms with Crippen LogP contribution in [0.2, 0.25) is 0 Å². The lowest BCUT2D eigenvalue weighted by molar-refractivity contribution is -0.507. The van der Waals surface area contributed by atoms with Gasteiger partial charge in [0.1, 0.15) is 12.3 Å². The van der Waals surface area contributed by atoms with E-state index in [2.05, 4.69) is 31.1 Å². The predicted molar refractivity (Wildman–Crippen MR) is 40.3 cm³/mol. The van der Waals surface area contributed by atoms with Crippen LogP contribution >= 0.6 is 0 Å². The van der Waals surface area contributed by atoms with Gasteiger partial charge in [0.25, 0.3) is 0 Å². The molecule has 0 spiro atoms. The molecule has 1 aliphatic rings. The summed E-state index contributed by atoms with van der Waals surface area (Å²) in [6.45, 7) is 6.40. The van der Waals surface area contributed by atoms with Gasteiger partial charge in [0.15, 0.2) is 5.71 Å². The van der Waals surface area contributed by atoms with Crippen molar-refractivity contribution >= 4 is 5.71 Å². The van der Waals surface area contributed by atoms with Crippen molar-refractivity contribution in [2.45, 2.75) is 26.8 Å². The Hall–Kier alpha value is -0.730. The van der Waals surface area contributed by atoms with Gasteiger partial charge >= 0.3 is 0 Å². The molecule has 3 heteroatoms. The Morgan fingerprint density at radius 1 is 1.50 bits per heavy atom. The average Bonchev–Trinajstić information content (AvgIpc) is 2.11. The van der Waals surface area contributed by atoms with Crippen LogP contribution in [-0.4, -0.2) is 23.5 Å². The molecule has 56 valence electrons. The molecule has 1 atom stereocenters. The quantitative estimate of drug-likeness (QED) is 0.494. The molecule has 3 nitrogen and oxygen atoms in total. The van der Waals surface area contributed by atoms with Crippen molar-refractivity contribution in [1.82, 2.24) is 0 Å². The lowest BCUT2D eigenvalue weighted by atomic mass is 10.0. The molecule has 0 fully saturated rings. The maximum atomic E-state index is 4.03. The van der Waals surface area contributed by atoms with Crippen molar-refractivity contribution in [3.05, 3.63) is 0 Å². The summed E-state index contributed by atoms with van der Waals surface area (Å²) >= 11 is 0. The Balaban J connectivity index is 2.85. The van der Waals surface area contributed by atoms with Gasteiger partial charge in [0, 0.05) is 11.0 Å². The smallest absolute Gasteiger partial charge is 0.137 e. The fourth-order valence-corrected chi connectivity index (χ4v) is 1.39. The molecule has 0 bridgehead atoms. The van der Waals surface area contributed by atoms with Gasteiger partial charge in [-0.05, 0) is 6.92 Å². The second kappa shape index (κ2) is 2.48.